The molecule has 0 aromatic carbocycles. The maximum absolute atomic E-state index is 14.6. The lowest BCUT2D eigenvalue weighted by molar-refractivity contribution is -0.142. The van der Waals surface area contributed by atoms with Crippen molar-refractivity contribution in [3.8, 4) is 0 Å². The molecule has 1 unspecified atom stereocenters. The molecule has 2 saturated heterocycles. The van der Waals surface area contributed by atoms with E-state index in [1.807, 2.05) is 32.0 Å². The largest absolute Gasteiger partial charge is 0.480 e. The molecule has 10 N–H and O–H groups in total. The summed E-state index contributed by atoms with van der Waals surface area (Å²) in [5.74, 6) is -6.03. The molecule has 0 saturated carbocycles. The van der Waals surface area contributed by atoms with Crippen LogP contribution >= 0.6 is 23.5 Å². The minimum atomic E-state index is -1.59. The molecule has 4 rings (SSSR count). The van der Waals surface area contributed by atoms with E-state index in [9.17, 15) is 63.6 Å². The zero-order valence-electron chi connectivity index (χ0n) is 39.8. The second-order valence-electron chi connectivity index (χ2n) is 18.1. The number of pyridine rings is 1. The van der Waals surface area contributed by atoms with Crippen LogP contribution in [0.5, 0.6) is 0 Å². The van der Waals surface area contributed by atoms with E-state index in [-0.39, 0.29) is 135 Å². The quantitative estimate of drug-likeness (QED) is 0.100. The van der Waals surface area contributed by atoms with E-state index in [0.717, 1.165) is 5.69 Å². The van der Waals surface area contributed by atoms with Gasteiger partial charge in [-0.2, -0.15) is 23.5 Å². The highest BCUT2D eigenvalue weighted by Gasteiger charge is 2.45. The Morgan fingerprint density at radius 1 is 0.714 bits per heavy atom. The zero-order chi connectivity index (χ0) is 51.4. The number of aliphatic hydroxyl groups excluding tert-OH is 1. The van der Waals surface area contributed by atoms with Crippen molar-refractivity contribution in [2.45, 2.75) is 74.7 Å². The SMILES string of the molecule is CC(C)CC1NC(=O)C2(CCN(C(=O)CN3CCN(CC(=O)O)CCN(CC(=O)O)CCN(CC(=O)O)CC3)CC2)NC(=O)CCSCc2cccc(n2)CSC[C@@H](C(N)=O)NC(=O)[C@H](CO)NC1=O. The fourth-order valence-corrected chi connectivity index (χ4v) is 10.0. The number of hydrogen-bond donors (Lipinski definition) is 9. The highest BCUT2D eigenvalue weighted by atomic mass is 32.2. The van der Waals surface area contributed by atoms with Gasteiger partial charge in [0.1, 0.15) is 23.7 Å². The van der Waals surface area contributed by atoms with Crippen LogP contribution in [0.3, 0.4) is 0 Å². The third-order valence-electron chi connectivity index (χ3n) is 12.1. The number of aliphatic hydroxyl groups is 1. The molecule has 3 aliphatic rings. The molecule has 2 bridgehead atoms. The first kappa shape index (κ1) is 57.5. The number of carbonyl (C=O) groups excluding carboxylic acids is 6. The maximum Gasteiger partial charge on any atom is 0.317 e. The molecule has 70 heavy (non-hydrogen) atoms. The van der Waals surface area contributed by atoms with Gasteiger partial charge in [-0.25, -0.2) is 0 Å². The van der Waals surface area contributed by atoms with Crippen molar-refractivity contribution in [2.75, 3.05) is 110 Å². The van der Waals surface area contributed by atoms with Gasteiger partial charge in [-0.1, -0.05) is 19.9 Å². The third-order valence-corrected chi connectivity index (χ3v) is 14.1. The molecule has 3 atom stereocenters. The number of primary amides is 1. The first-order valence-corrected chi connectivity index (χ1v) is 25.6. The molecule has 1 spiro atoms. The van der Waals surface area contributed by atoms with Gasteiger partial charge >= 0.3 is 17.9 Å². The second kappa shape index (κ2) is 28.7. The number of carboxylic acid groups (broad SMARTS) is 3. The lowest BCUT2D eigenvalue weighted by atomic mass is 9.85. The van der Waals surface area contributed by atoms with Gasteiger partial charge in [0.2, 0.25) is 35.4 Å². The van der Waals surface area contributed by atoms with Crippen LogP contribution in [0.2, 0.25) is 0 Å². The van der Waals surface area contributed by atoms with Crippen molar-refractivity contribution in [1.29, 1.82) is 0 Å². The van der Waals surface area contributed by atoms with Gasteiger partial charge in [0.05, 0.1) is 44.2 Å². The smallest absolute Gasteiger partial charge is 0.317 e. The van der Waals surface area contributed by atoms with Crippen LogP contribution < -0.4 is 27.0 Å². The number of thioether (sulfide) groups is 2. The Labute approximate surface area is 415 Å². The Morgan fingerprint density at radius 3 is 1.67 bits per heavy atom. The first-order valence-electron chi connectivity index (χ1n) is 23.3. The van der Waals surface area contributed by atoms with Crippen molar-refractivity contribution >= 4 is 76.9 Å². The van der Waals surface area contributed by atoms with Gasteiger partial charge in [-0.15, -0.1) is 0 Å². The summed E-state index contributed by atoms with van der Waals surface area (Å²) < 4.78 is 0. The minimum Gasteiger partial charge on any atom is -0.480 e. The molecule has 0 radical (unpaired) electrons. The minimum absolute atomic E-state index is 0.0138. The monoisotopic (exact) mass is 1020 g/mol. The zero-order valence-corrected chi connectivity index (χ0v) is 41.5. The molecule has 390 valence electrons. The lowest BCUT2D eigenvalue weighted by Crippen LogP contribution is -2.66. The molecule has 4 heterocycles. The van der Waals surface area contributed by atoms with Gasteiger partial charge in [-0.3, -0.25) is 67.7 Å². The van der Waals surface area contributed by atoms with Crippen molar-refractivity contribution < 1.29 is 63.6 Å². The molecule has 6 amide bonds. The van der Waals surface area contributed by atoms with Crippen LogP contribution in [0.15, 0.2) is 18.2 Å². The van der Waals surface area contributed by atoms with Crippen LogP contribution in [-0.2, 0) is 54.7 Å². The van der Waals surface area contributed by atoms with Crippen molar-refractivity contribution in [3.63, 3.8) is 0 Å². The Morgan fingerprint density at radius 2 is 1.20 bits per heavy atom. The number of carboxylic acids is 3. The molecule has 1 aromatic rings. The van der Waals surface area contributed by atoms with Crippen LogP contribution in [0.1, 0.15) is 50.9 Å². The van der Waals surface area contributed by atoms with E-state index in [4.69, 9.17) is 5.73 Å². The molecule has 24 nitrogen and oxygen atoms in total. The number of nitrogens with zero attached hydrogens (tertiary/aromatic N) is 6. The Balaban J connectivity index is 1.56. The Bertz CT molecular complexity index is 1960. The number of likely N-dealkylation sites (tertiary alicyclic amines) is 1. The molecular weight excluding hydrogens is 955 g/mol. The summed E-state index contributed by atoms with van der Waals surface area (Å²) in [6, 6.07) is 1.59. The maximum atomic E-state index is 14.6. The van der Waals surface area contributed by atoms with Crippen molar-refractivity contribution in [2.24, 2.45) is 11.7 Å². The van der Waals surface area contributed by atoms with Gasteiger partial charge in [0.15, 0.2) is 0 Å². The number of nitrogens with two attached hydrogens (primary N) is 1. The summed E-state index contributed by atoms with van der Waals surface area (Å²) in [4.78, 5) is 130. The highest BCUT2D eigenvalue weighted by Crippen LogP contribution is 2.25. The van der Waals surface area contributed by atoms with E-state index in [0.29, 0.717) is 23.0 Å². The fourth-order valence-electron chi connectivity index (χ4n) is 8.20. The molecule has 1 aromatic heterocycles. The number of rotatable bonds is 12. The van der Waals surface area contributed by atoms with E-state index >= 15 is 0 Å². The highest BCUT2D eigenvalue weighted by molar-refractivity contribution is 7.98. The Kier molecular flexibility index (Phi) is 23.5. The third kappa shape index (κ3) is 19.6. The summed E-state index contributed by atoms with van der Waals surface area (Å²) in [5.41, 5.74) is 5.49. The fraction of sp³-hybridized carbons (Fsp3) is 0.682. The summed E-state index contributed by atoms with van der Waals surface area (Å²) in [7, 11) is 0. The van der Waals surface area contributed by atoms with E-state index in [1.54, 1.807) is 24.5 Å². The van der Waals surface area contributed by atoms with E-state index in [1.165, 1.54) is 23.5 Å². The van der Waals surface area contributed by atoms with Gasteiger partial charge in [0.25, 0.3) is 0 Å². The van der Waals surface area contributed by atoms with E-state index in [2.05, 4.69) is 26.3 Å². The molecule has 0 aliphatic carbocycles. The van der Waals surface area contributed by atoms with E-state index < -0.39 is 77.7 Å². The van der Waals surface area contributed by atoms with Crippen molar-refractivity contribution in [3.05, 3.63) is 29.6 Å². The van der Waals surface area contributed by atoms with Crippen LogP contribution in [0.25, 0.3) is 0 Å². The predicted molar refractivity (Wildman–Crippen MR) is 258 cm³/mol. The van der Waals surface area contributed by atoms with Gasteiger partial charge < -0.3 is 52.3 Å². The molecule has 3 aliphatic heterocycles. The molecule has 2 fully saturated rings. The number of piperidine rings is 1. The molecule has 26 heteroatoms. The number of aliphatic carboxylic acids is 3. The Hall–Kier alpha value is -5.12. The standard InChI is InChI=1S/C44H69N11O13S2/c1-29(2)20-32-41(66)47-33(25-56)42(67)48-34(40(45)65)28-70-27-31-5-3-4-30(46-31)26-69-19-6-35(57)50-44(43(68)49-32)7-9-55(10-8-44)36(58)21-51-11-13-52(22-37(59)60)15-17-54(24-39(63)64)18-16-53(14-12-51)23-38(61)62/h3-5,29,32-34,56H,6-28H2,1-2H3,(H2,45,65)(H,47,66)(H,48,67)(H,49,68)(H,50,57)(H,59,60)(H,61,62)(H,63,64)/t32?,33-,34-/m0/s1. The van der Waals surface area contributed by atoms with Crippen molar-refractivity contribution in [1.82, 2.24) is 50.8 Å². The second-order valence-corrected chi connectivity index (χ2v) is 20.2. The number of hydrogen-bond acceptors (Lipinski definition) is 17. The van der Waals surface area contributed by atoms with Gasteiger partial charge in [0, 0.05) is 94.9 Å². The van der Waals surface area contributed by atoms with Crippen LogP contribution in [0, 0.1) is 5.92 Å². The summed E-state index contributed by atoms with van der Waals surface area (Å²) >= 11 is 2.77. The number of nitrogens with one attached hydrogen (secondary N) is 4. The summed E-state index contributed by atoms with van der Waals surface area (Å²) in [6.45, 7) is 3.42. The average Bonchev–Trinajstić information content (AvgIpc) is 3.29. The molecular formula is C44H69N11O13S2. The average molecular weight is 1020 g/mol. The summed E-state index contributed by atoms with van der Waals surface area (Å²) in [5, 5.41) is 49.7. The first-order chi connectivity index (χ1) is 33.2. The predicted octanol–water partition coefficient (Wildman–Crippen LogP) is -3.12. The number of carbonyl (C=O) groups is 9. The summed E-state index contributed by atoms with van der Waals surface area (Å²) in [6.07, 6.45) is 0.0352. The number of fused-ring (bicyclic) bond motifs is 2. The normalized spacial score (nSPS) is 23.3. The van der Waals surface area contributed by atoms with Crippen LogP contribution in [-0.4, -0.2) is 237 Å². The van der Waals surface area contributed by atoms with Crippen LogP contribution in [0.4, 0.5) is 0 Å². The lowest BCUT2D eigenvalue weighted by Gasteiger charge is -2.42. The number of amides is 6. The number of aromatic nitrogens is 1. The topological polar surface area (TPSA) is 338 Å². The van der Waals surface area contributed by atoms with Gasteiger partial charge in [-0.05, 0) is 37.3 Å².